The molecule has 2 aliphatic rings. The first-order valence-electron chi connectivity index (χ1n) is 9.64. The van der Waals surface area contributed by atoms with Gasteiger partial charge in [-0.2, -0.15) is 0 Å². The molecule has 1 unspecified atom stereocenters. The number of alkyl halides is 3. The van der Waals surface area contributed by atoms with Crippen LogP contribution >= 0.6 is 34.8 Å². The van der Waals surface area contributed by atoms with Crippen LogP contribution in [0.1, 0.15) is 12.8 Å². The lowest BCUT2D eigenvalue weighted by atomic mass is 9.98. The molecule has 1 aromatic carbocycles. The largest absolute Gasteiger partial charge is 0.484 e. The fourth-order valence-corrected chi connectivity index (χ4v) is 5.30. The molecule has 1 fully saturated rings. The highest BCUT2D eigenvalue weighted by molar-refractivity contribution is 8.03. The standard InChI is InChI=1S/C19H20Cl3FN2O6S2/c1-33(28,29)14-2-3-16(15(23)8-14)30-9-13-10-32(27)17(24-13)12-4-6-25(7-5-12)18(26)31-11-19(20,21)22/h2-3,8,10,12H,4-7,9,11H2,1H3. The van der Waals surface area contributed by atoms with Crippen LogP contribution in [0.5, 0.6) is 5.75 Å². The van der Waals surface area contributed by atoms with Gasteiger partial charge < -0.3 is 14.4 Å². The first-order chi connectivity index (χ1) is 15.3. The van der Waals surface area contributed by atoms with Crippen molar-refractivity contribution >= 4 is 66.6 Å². The molecule has 3 rings (SSSR count). The third-order valence-corrected chi connectivity index (χ3v) is 7.63. The zero-order valence-electron chi connectivity index (χ0n) is 17.3. The Labute approximate surface area is 208 Å². The van der Waals surface area contributed by atoms with Gasteiger partial charge in [0.1, 0.15) is 18.3 Å². The van der Waals surface area contributed by atoms with Gasteiger partial charge >= 0.3 is 6.09 Å². The maximum absolute atomic E-state index is 14.2. The predicted octanol–water partition coefficient (Wildman–Crippen LogP) is 3.83. The quantitative estimate of drug-likeness (QED) is 0.489. The molecule has 1 amide bonds. The molecular weight excluding hydrogens is 542 g/mol. The van der Waals surface area contributed by atoms with E-state index in [1.165, 1.54) is 22.4 Å². The van der Waals surface area contributed by atoms with Crippen LogP contribution in [-0.4, -0.2) is 65.0 Å². The fourth-order valence-electron chi connectivity index (χ4n) is 3.24. The Bertz CT molecular complexity index is 1110. The van der Waals surface area contributed by atoms with E-state index in [1.54, 1.807) is 0 Å². The summed E-state index contributed by atoms with van der Waals surface area (Å²) in [5, 5.41) is 1.90. The van der Waals surface area contributed by atoms with E-state index < -0.39 is 36.3 Å². The van der Waals surface area contributed by atoms with Crippen LogP contribution in [0.25, 0.3) is 0 Å². The highest BCUT2D eigenvalue weighted by atomic mass is 35.6. The van der Waals surface area contributed by atoms with Crippen LogP contribution < -0.4 is 4.74 Å². The minimum absolute atomic E-state index is 0.109. The summed E-state index contributed by atoms with van der Waals surface area (Å²) in [7, 11) is -4.99. The van der Waals surface area contributed by atoms with Crippen molar-refractivity contribution < 1.29 is 31.3 Å². The molecule has 1 saturated heterocycles. The second-order valence-corrected chi connectivity index (χ2v) is 13.2. The van der Waals surface area contributed by atoms with Gasteiger partial charge in [0.15, 0.2) is 21.4 Å². The summed E-state index contributed by atoms with van der Waals surface area (Å²) in [6, 6.07) is 3.35. The molecule has 14 heteroatoms. The number of ether oxygens (including phenoxy) is 2. The van der Waals surface area contributed by atoms with E-state index in [-0.39, 0.29) is 29.8 Å². The first kappa shape index (κ1) is 26.2. The van der Waals surface area contributed by atoms with Crippen molar-refractivity contribution in [3.63, 3.8) is 0 Å². The zero-order chi connectivity index (χ0) is 24.4. The van der Waals surface area contributed by atoms with Crippen LogP contribution in [0.3, 0.4) is 0 Å². The van der Waals surface area contributed by atoms with Gasteiger partial charge in [-0.15, -0.1) is 0 Å². The second-order valence-electron chi connectivity index (χ2n) is 7.44. The molecule has 33 heavy (non-hydrogen) atoms. The number of hydrogen-bond acceptors (Lipinski definition) is 7. The van der Waals surface area contributed by atoms with E-state index >= 15 is 0 Å². The summed E-state index contributed by atoms with van der Waals surface area (Å²) in [5.41, 5.74) is 0.374. The van der Waals surface area contributed by atoms with Gasteiger partial charge in [-0.05, 0) is 31.0 Å². The summed E-state index contributed by atoms with van der Waals surface area (Å²) in [6.07, 6.45) is 1.44. The SMILES string of the molecule is CS(=O)(=O)c1ccc(OCC2=CS(=O)C(C3CCN(C(=O)OCC(Cl)(Cl)Cl)CC3)=N2)c(F)c1. The van der Waals surface area contributed by atoms with E-state index in [0.717, 1.165) is 12.3 Å². The molecular formula is C19H20Cl3FN2O6S2. The molecule has 0 N–H and O–H groups in total. The highest BCUT2D eigenvalue weighted by Crippen LogP contribution is 2.29. The number of hydrogen-bond donors (Lipinski definition) is 0. The van der Waals surface area contributed by atoms with Crippen molar-refractivity contribution in [2.24, 2.45) is 10.9 Å². The molecule has 2 aliphatic heterocycles. The lowest BCUT2D eigenvalue weighted by Gasteiger charge is -2.31. The topological polar surface area (TPSA) is 102 Å². The molecule has 1 atom stereocenters. The molecule has 182 valence electrons. The number of benzene rings is 1. The highest BCUT2D eigenvalue weighted by Gasteiger charge is 2.32. The predicted molar refractivity (Wildman–Crippen MR) is 125 cm³/mol. The molecule has 1 aromatic rings. The fraction of sp³-hybridized carbons (Fsp3) is 0.474. The number of rotatable bonds is 6. The molecule has 8 nitrogen and oxygen atoms in total. The maximum Gasteiger partial charge on any atom is 0.409 e. The van der Waals surface area contributed by atoms with Crippen LogP contribution in [0.4, 0.5) is 9.18 Å². The first-order valence-corrected chi connectivity index (χ1v) is 13.9. The lowest BCUT2D eigenvalue weighted by molar-refractivity contribution is 0.0937. The van der Waals surface area contributed by atoms with E-state index in [4.69, 9.17) is 44.3 Å². The monoisotopic (exact) mass is 560 g/mol. The van der Waals surface area contributed by atoms with Crippen molar-refractivity contribution in [3.8, 4) is 5.75 Å². The summed E-state index contributed by atoms with van der Waals surface area (Å²) in [4.78, 5) is 17.8. The number of aliphatic imine (C=N–C) groups is 1. The molecule has 0 saturated carbocycles. The Morgan fingerprint density at radius 3 is 2.55 bits per heavy atom. The smallest absolute Gasteiger partial charge is 0.409 e. The average Bonchev–Trinajstić information content (AvgIpc) is 3.10. The van der Waals surface area contributed by atoms with Crippen molar-refractivity contribution in [3.05, 3.63) is 35.1 Å². The van der Waals surface area contributed by atoms with Gasteiger partial charge in [-0.25, -0.2) is 26.8 Å². The van der Waals surface area contributed by atoms with Crippen molar-refractivity contribution in [1.29, 1.82) is 0 Å². The molecule has 0 radical (unpaired) electrons. The zero-order valence-corrected chi connectivity index (χ0v) is 21.2. The second kappa shape index (κ2) is 10.5. The number of halogens is 4. The van der Waals surface area contributed by atoms with Crippen LogP contribution in [0.15, 0.2) is 39.2 Å². The Kier molecular flexibility index (Phi) is 8.32. The van der Waals surface area contributed by atoms with E-state index in [0.29, 0.717) is 36.7 Å². The van der Waals surface area contributed by atoms with Gasteiger partial charge in [0.25, 0.3) is 0 Å². The van der Waals surface area contributed by atoms with Crippen LogP contribution in [0.2, 0.25) is 0 Å². The van der Waals surface area contributed by atoms with E-state index in [9.17, 15) is 21.8 Å². The number of piperidine rings is 1. The summed E-state index contributed by atoms with van der Waals surface area (Å²) < 4.78 is 58.3. The van der Waals surface area contributed by atoms with Crippen LogP contribution in [0, 0.1) is 11.7 Å². The molecule has 2 heterocycles. The number of carbonyl (C=O) groups is 1. The van der Waals surface area contributed by atoms with Gasteiger partial charge in [0.2, 0.25) is 3.79 Å². The van der Waals surface area contributed by atoms with Crippen molar-refractivity contribution in [1.82, 2.24) is 4.90 Å². The molecule has 0 spiro atoms. The maximum atomic E-state index is 14.2. The Balaban J connectivity index is 1.54. The summed E-state index contributed by atoms with van der Waals surface area (Å²) in [6.45, 7) is 0.233. The van der Waals surface area contributed by atoms with Gasteiger partial charge in [-0.3, -0.25) is 0 Å². The minimum atomic E-state index is -3.54. The van der Waals surface area contributed by atoms with Crippen molar-refractivity contribution in [2.45, 2.75) is 21.5 Å². The molecule has 0 aromatic heterocycles. The number of amides is 1. The Morgan fingerprint density at radius 1 is 1.30 bits per heavy atom. The van der Waals surface area contributed by atoms with E-state index in [1.807, 2.05) is 0 Å². The third kappa shape index (κ3) is 7.29. The Morgan fingerprint density at radius 2 is 1.97 bits per heavy atom. The van der Waals surface area contributed by atoms with E-state index in [2.05, 4.69) is 4.99 Å². The number of likely N-dealkylation sites (tertiary alicyclic amines) is 1. The number of nitrogens with zero attached hydrogens (tertiary/aromatic N) is 2. The third-order valence-electron chi connectivity index (χ3n) is 4.87. The number of carbonyl (C=O) groups excluding carboxylic acids is 1. The van der Waals surface area contributed by atoms with Crippen molar-refractivity contribution in [2.75, 3.05) is 32.6 Å². The Hall–Kier alpha value is -1.40. The van der Waals surface area contributed by atoms with Crippen LogP contribution in [-0.2, 0) is 25.4 Å². The normalized spacial score (nSPS) is 19.8. The molecule has 0 bridgehead atoms. The van der Waals surface area contributed by atoms with Gasteiger partial charge in [0.05, 0.1) is 21.4 Å². The number of sulfone groups is 1. The molecule has 0 aliphatic carbocycles. The summed E-state index contributed by atoms with van der Waals surface area (Å²) >= 11 is 16.7. The lowest BCUT2D eigenvalue weighted by Crippen LogP contribution is -2.41. The summed E-state index contributed by atoms with van der Waals surface area (Å²) in [5.74, 6) is -1.07. The minimum Gasteiger partial charge on any atom is -0.484 e. The van der Waals surface area contributed by atoms with Gasteiger partial charge in [-0.1, -0.05) is 34.8 Å². The van der Waals surface area contributed by atoms with Gasteiger partial charge in [0, 0.05) is 30.7 Å². The average molecular weight is 562 g/mol.